The maximum absolute atomic E-state index is 13.3. The van der Waals surface area contributed by atoms with Crippen LogP contribution < -0.4 is 10.6 Å². The van der Waals surface area contributed by atoms with Crippen LogP contribution in [-0.4, -0.2) is 15.9 Å². The molecule has 3 aromatic rings. The molecule has 0 saturated heterocycles. The van der Waals surface area contributed by atoms with Gasteiger partial charge in [-0.15, -0.1) is 0 Å². The van der Waals surface area contributed by atoms with E-state index in [0.29, 0.717) is 11.4 Å². The van der Waals surface area contributed by atoms with Crippen molar-refractivity contribution in [3.63, 3.8) is 0 Å². The number of nitrogens with one attached hydrogen (secondary N) is 2. The second-order valence-electron chi connectivity index (χ2n) is 6.07. The summed E-state index contributed by atoms with van der Waals surface area (Å²) >= 11 is 0. The quantitative estimate of drug-likeness (QED) is 0.725. The first-order chi connectivity index (χ1) is 12.4. The minimum Gasteiger partial charge on any atom is -0.324 e. The van der Waals surface area contributed by atoms with Crippen molar-refractivity contribution in [2.45, 2.75) is 20.8 Å². The number of amides is 1. The molecule has 1 heterocycles. The molecule has 0 atom stereocenters. The lowest BCUT2D eigenvalue weighted by atomic mass is 10.1. The van der Waals surface area contributed by atoms with Crippen LogP contribution in [0.5, 0.6) is 0 Å². The minimum atomic E-state index is -0.365. The average Bonchev–Trinajstić information content (AvgIpc) is 2.57. The van der Waals surface area contributed by atoms with Gasteiger partial charge in [0.1, 0.15) is 11.5 Å². The number of hydrogen-bond acceptors (Lipinski definition) is 4. The van der Waals surface area contributed by atoms with Crippen LogP contribution in [0, 0.1) is 26.6 Å². The highest BCUT2D eigenvalue weighted by atomic mass is 19.1. The second kappa shape index (κ2) is 7.31. The zero-order valence-corrected chi connectivity index (χ0v) is 14.8. The number of carbonyl (C=O) groups excluding carboxylic acids is 1. The summed E-state index contributed by atoms with van der Waals surface area (Å²) in [6.45, 7) is 5.64. The van der Waals surface area contributed by atoms with Gasteiger partial charge in [-0.25, -0.2) is 14.4 Å². The normalized spacial score (nSPS) is 10.5. The van der Waals surface area contributed by atoms with E-state index in [-0.39, 0.29) is 23.4 Å². The third-order valence-electron chi connectivity index (χ3n) is 3.89. The van der Waals surface area contributed by atoms with Crippen LogP contribution in [-0.2, 0) is 0 Å². The van der Waals surface area contributed by atoms with E-state index in [1.54, 1.807) is 25.1 Å². The molecule has 26 heavy (non-hydrogen) atoms. The molecule has 132 valence electrons. The lowest BCUT2D eigenvalue weighted by Gasteiger charge is -2.12. The summed E-state index contributed by atoms with van der Waals surface area (Å²) < 4.78 is 13.3. The van der Waals surface area contributed by atoms with E-state index in [0.717, 1.165) is 16.8 Å². The maximum Gasteiger partial charge on any atom is 0.274 e. The Kier molecular flexibility index (Phi) is 4.93. The summed E-state index contributed by atoms with van der Waals surface area (Å²) in [4.78, 5) is 21.2. The fraction of sp³-hybridized carbons (Fsp3) is 0.150. The van der Waals surface area contributed by atoms with Crippen LogP contribution in [0.4, 0.5) is 21.7 Å². The summed E-state index contributed by atoms with van der Waals surface area (Å²) in [5, 5.41) is 5.83. The number of benzene rings is 2. The van der Waals surface area contributed by atoms with Crippen LogP contribution in [0.15, 0.2) is 48.5 Å². The molecule has 2 aromatic carbocycles. The Hall–Kier alpha value is -3.28. The molecule has 0 unspecified atom stereocenters. The first-order valence-corrected chi connectivity index (χ1v) is 8.18. The largest absolute Gasteiger partial charge is 0.324 e. The van der Waals surface area contributed by atoms with Crippen molar-refractivity contribution in [3.8, 4) is 0 Å². The van der Waals surface area contributed by atoms with Crippen LogP contribution >= 0.6 is 0 Å². The molecule has 0 bridgehead atoms. The number of rotatable bonds is 4. The number of para-hydroxylation sites is 1. The Morgan fingerprint density at radius 2 is 1.65 bits per heavy atom. The summed E-state index contributed by atoms with van der Waals surface area (Å²) in [6, 6.07) is 13.4. The first kappa shape index (κ1) is 17.5. The number of aryl methyl sites for hydroxylation is 3. The third-order valence-corrected chi connectivity index (χ3v) is 3.89. The summed E-state index contributed by atoms with van der Waals surface area (Å²) in [5.74, 6) is -0.451. The molecule has 1 aromatic heterocycles. The molecule has 5 nitrogen and oxygen atoms in total. The predicted molar refractivity (Wildman–Crippen MR) is 100 cm³/mol. The van der Waals surface area contributed by atoms with Crippen molar-refractivity contribution in [1.29, 1.82) is 0 Å². The van der Waals surface area contributed by atoms with Crippen LogP contribution in [0.1, 0.15) is 27.3 Å². The van der Waals surface area contributed by atoms with Gasteiger partial charge >= 0.3 is 0 Å². The van der Waals surface area contributed by atoms with Crippen molar-refractivity contribution >= 4 is 23.2 Å². The number of nitrogens with zero attached hydrogens (tertiary/aromatic N) is 2. The van der Waals surface area contributed by atoms with Gasteiger partial charge in [0.2, 0.25) is 5.95 Å². The Morgan fingerprint density at radius 3 is 2.35 bits per heavy atom. The smallest absolute Gasteiger partial charge is 0.274 e. The third kappa shape index (κ3) is 4.03. The van der Waals surface area contributed by atoms with E-state index < -0.39 is 0 Å². The molecule has 6 heteroatoms. The van der Waals surface area contributed by atoms with E-state index in [4.69, 9.17) is 0 Å². The molecule has 2 N–H and O–H groups in total. The molecule has 0 aliphatic carbocycles. The standard InChI is InChI=1S/C20H19FN4O/c1-12-6-4-7-13(2)18(12)25-19(26)17-10-14(3)22-20(24-17)23-16-9-5-8-15(21)11-16/h4-11H,1-3H3,(H,25,26)(H,22,23,24). The first-order valence-electron chi connectivity index (χ1n) is 8.18. The molecular weight excluding hydrogens is 331 g/mol. The lowest BCUT2D eigenvalue weighted by Crippen LogP contribution is -2.17. The lowest BCUT2D eigenvalue weighted by molar-refractivity contribution is 0.102. The zero-order chi connectivity index (χ0) is 18.7. The highest BCUT2D eigenvalue weighted by molar-refractivity contribution is 6.04. The van der Waals surface area contributed by atoms with E-state index in [2.05, 4.69) is 20.6 Å². The number of halogens is 1. The van der Waals surface area contributed by atoms with Gasteiger partial charge in [-0.1, -0.05) is 24.3 Å². The van der Waals surface area contributed by atoms with Crippen LogP contribution in [0.25, 0.3) is 0 Å². The number of anilines is 3. The molecule has 0 aliphatic rings. The molecule has 3 rings (SSSR count). The van der Waals surface area contributed by atoms with Gasteiger partial charge in [0.05, 0.1) is 0 Å². The average molecular weight is 350 g/mol. The molecule has 1 amide bonds. The molecule has 0 spiro atoms. The van der Waals surface area contributed by atoms with Crippen LogP contribution in [0.3, 0.4) is 0 Å². The Morgan fingerprint density at radius 1 is 0.962 bits per heavy atom. The van der Waals surface area contributed by atoms with Crippen molar-refractivity contribution < 1.29 is 9.18 Å². The SMILES string of the molecule is Cc1cc(C(=O)Nc2c(C)cccc2C)nc(Nc2cccc(F)c2)n1. The van der Waals surface area contributed by atoms with Gasteiger partial charge in [0.25, 0.3) is 5.91 Å². The summed E-state index contributed by atoms with van der Waals surface area (Å²) in [5.41, 5.74) is 4.10. The Balaban J connectivity index is 1.86. The van der Waals surface area contributed by atoms with E-state index in [1.165, 1.54) is 12.1 Å². The van der Waals surface area contributed by atoms with E-state index in [9.17, 15) is 9.18 Å². The summed E-state index contributed by atoms with van der Waals surface area (Å²) in [6.07, 6.45) is 0. The van der Waals surface area contributed by atoms with E-state index >= 15 is 0 Å². The van der Waals surface area contributed by atoms with E-state index in [1.807, 2.05) is 32.0 Å². The molecule has 0 aliphatic heterocycles. The molecular formula is C20H19FN4O. The van der Waals surface area contributed by atoms with Crippen LogP contribution in [0.2, 0.25) is 0 Å². The monoisotopic (exact) mass is 350 g/mol. The molecule has 0 radical (unpaired) electrons. The number of carbonyl (C=O) groups is 1. The van der Waals surface area contributed by atoms with Gasteiger partial charge in [-0.2, -0.15) is 0 Å². The number of hydrogen-bond donors (Lipinski definition) is 2. The Bertz CT molecular complexity index is 952. The highest BCUT2D eigenvalue weighted by Gasteiger charge is 2.13. The van der Waals surface area contributed by atoms with Gasteiger partial charge in [-0.3, -0.25) is 4.79 Å². The zero-order valence-electron chi connectivity index (χ0n) is 14.8. The van der Waals surface area contributed by atoms with Crippen molar-refractivity contribution in [2.24, 2.45) is 0 Å². The van der Waals surface area contributed by atoms with Crippen molar-refractivity contribution in [1.82, 2.24) is 9.97 Å². The van der Waals surface area contributed by atoms with Crippen molar-refractivity contribution in [3.05, 3.63) is 76.9 Å². The molecule has 0 saturated carbocycles. The maximum atomic E-state index is 13.3. The van der Waals surface area contributed by atoms with Gasteiger partial charge in [-0.05, 0) is 56.2 Å². The Labute approximate surface area is 151 Å². The number of aromatic nitrogens is 2. The fourth-order valence-corrected chi connectivity index (χ4v) is 2.63. The minimum absolute atomic E-state index is 0.235. The summed E-state index contributed by atoms with van der Waals surface area (Å²) in [7, 11) is 0. The topological polar surface area (TPSA) is 66.9 Å². The highest BCUT2D eigenvalue weighted by Crippen LogP contribution is 2.21. The fourth-order valence-electron chi connectivity index (χ4n) is 2.63. The predicted octanol–water partition coefficient (Wildman–Crippen LogP) is 4.54. The van der Waals surface area contributed by atoms with Gasteiger partial charge < -0.3 is 10.6 Å². The second-order valence-corrected chi connectivity index (χ2v) is 6.07. The van der Waals surface area contributed by atoms with Gasteiger partial charge in [0, 0.05) is 17.1 Å². The van der Waals surface area contributed by atoms with Crippen molar-refractivity contribution in [2.75, 3.05) is 10.6 Å². The van der Waals surface area contributed by atoms with Gasteiger partial charge in [0.15, 0.2) is 0 Å². The molecule has 0 fully saturated rings.